The smallest absolute Gasteiger partial charge is 0.329 e. The summed E-state index contributed by atoms with van der Waals surface area (Å²) in [5.41, 5.74) is 1.06. The molecule has 3 aromatic rings. The van der Waals surface area contributed by atoms with Crippen molar-refractivity contribution >= 4 is 40.1 Å². The standard InChI is InChI=1S/C26H33ClF2N6O3/c1-25(2,37)7-12-34-21-14-17(5-6-20(21)35(24(34)36)16-18-4-3-13-38-18)31-22-19(27)15-30-23(32-22)33-10-8-26(28,29)9-11-33/h5-6,14-15,18,37H,3-4,7-13,16H2,1-2H3,(H,30,31,32)/t18-/m0/s1. The largest absolute Gasteiger partial charge is 0.390 e. The molecule has 2 saturated heterocycles. The van der Waals surface area contributed by atoms with Crippen molar-refractivity contribution in [3.05, 3.63) is 39.9 Å². The molecule has 2 aliphatic rings. The van der Waals surface area contributed by atoms with Crippen LogP contribution in [-0.2, 0) is 17.8 Å². The first-order valence-corrected chi connectivity index (χ1v) is 13.4. The van der Waals surface area contributed by atoms with Gasteiger partial charge in [0.1, 0.15) is 5.02 Å². The van der Waals surface area contributed by atoms with E-state index in [9.17, 15) is 18.7 Å². The van der Waals surface area contributed by atoms with Crippen LogP contribution < -0.4 is 15.9 Å². The van der Waals surface area contributed by atoms with Gasteiger partial charge in [-0.05, 0) is 51.3 Å². The van der Waals surface area contributed by atoms with E-state index in [1.165, 1.54) is 6.20 Å². The maximum absolute atomic E-state index is 13.6. The molecule has 0 aliphatic carbocycles. The summed E-state index contributed by atoms with van der Waals surface area (Å²) in [4.78, 5) is 23.9. The van der Waals surface area contributed by atoms with Crippen molar-refractivity contribution in [2.45, 2.75) is 76.7 Å². The molecule has 206 valence electrons. The first-order chi connectivity index (χ1) is 18.0. The summed E-state index contributed by atoms with van der Waals surface area (Å²) in [5, 5.41) is 13.8. The van der Waals surface area contributed by atoms with E-state index in [1.807, 2.05) is 18.2 Å². The highest BCUT2D eigenvalue weighted by atomic mass is 35.5. The van der Waals surface area contributed by atoms with Crippen LogP contribution in [0.25, 0.3) is 11.0 Å². The molecule has 4 heterocycles. The summed E-state index contributed by atoms with van der Waals surface area (Å²) in [6, 6.07) is 5.57. The topological polar surface area (TPSA) is 97.4 Å². The first-order valence-electron chi connectivity index (χ1n) is 13.0. The average molecular weight is 551 g/mol. The number of aryl methyl sites for hydroxylation is 1. The Balaban J connectivity index is 1.45. The highest BCUT2D eigenvalue weighted by Crippen LogP contribution is 2.32. The number of fused-ring (bicyclic) bond motifs is 1. The maximum atomic E-state index is 13.6. The van der Waals surface area contributed by atoms with Gasteiger partial charge < -0.3 is 20.1 Å². The molecule has 9 nitrogen and oxygen atoms in total. The predicted octanol–water partition coefficient (Wildman–Crippen LogP) is 4.57. The van der Waals surface area contributed by atoms with Crippen molar-refractivity contribution < 1.29 is 18.6 Å². The third-order valence-corrected chi connectivity index (χ3v) is 7.42. The fourth-order valence-corrected chi connectivity index (χ4v) is 5.07. The maximum Gasteiger partial charge on any atom is 0.329 e. The lowest BCUT2D eigenvalue weighted by Gasteiger charge is -2.31. The van der Waals surface area contributed by atoms with Crippen molar-refractivity contribution in [2.24, 2.45) is 0 Å². The summed E-state index contributed by atoms with van der Waals surface area (Å²) in [7, 11) is 0. The molecule has 2 fully saturated rings. The second-order valence-electron chi connectivity index (χ2n) is 10.8. The fourth-order valence-electron chi connectivity index (χ4n) is 4.94. The van der Waals surface area contributed by atoms with Crippen LogP contribution in [0.1, 0.15) is 46.0 Å². The molecule has 2 aliphatic heterocycles. The second-order valence-corrected chi connectivity index (χ2v) is 11.2. The summed E-state index contributed by atoms with van der Waals surface area (Å²) in [6.07, 6.45) is 3.24. The lowest BCUT2D eigenvalue weighted by molar-refractivity contribution is -0.0222. The molecular formula is C26H33ClF2N6O3. The van der Waals surface area contributed by atoms with Crippen LogP contribution in [0.3, 0.4) is 0 Å². The van der Waals surface area contributed by atoms with E-state index >= 15 is 0 Å². The first kappa shape index (κ1) is 26.8. The molecule has 0 radical (unpaired) electrons. The van der Waals surface area contributed by atoms with Crippen LogP contribution in [-0.4, -0.2) is 61.5 Å². The molecule has 0 saturated carbocycles. The van der Waals surface area contributed by atoms with Gasteiger partial charge in [-0.25, -0.2) is 18.6 Å². The van der Waals surface area contributed by atoms with Crippen molar-refractivity contribution in [3.8, 4) is 0 Å². The van der Waals surface area contributed by atoms with Crippen molar-refractivity contribution in [3.63, 3.8) is 0 Å². The lowest BCUT2D eigenvalue weighted by atomic mass is 10.1. The van der Waals surface area contributed by atoms with Crippen molar-refractivity contribution in [1.29, 1.82) is 0 Å². The van der Waals surface area contributed by atoms with Gasteiger partial charge in [-0.15, -0.1) is 0 Å². The number of nitrogens with one attached hydrogen (secondary N) is 1. The monoisotopic (exact) mass is 550 g/mol. The number of aliphatic hydroxyl groups is 1. The van der Waals surface area contributed by atoms with E-state index in [-0.39, 0.29) is 42.7 Å². The van der Waals surface area contributed by atoms with E-state index in [4.69, 9.17) is 16.3 Å². The minimum Gasteiger partial charge on any atom is -0.390 e. The molecule has 12 heteroatoms. The number of nitrogens with zero attached hydrogens (tertiary/aromatic N) is 5. The number of aromatic nitrogens is 4. The van der Waals surface area contributed by atoms with E-state index < -0.39 is 11.5 Å². The zero-order chi connectivity index (χ0) is 27.1. The number of piperidine rings is 1. The summed E-state index contributed by atoms with van der Waals surface area (Å²) in [5.74, 6) is -1.99. The molecule has 2 N–H and O–H groups in total. The lowest BCUT2D eigenvalue weighted by Crippen LogP contribution is -2.40. The third kappa shape index (κ3) is 5.94. The second kappa shape index (κ2) is 10.4. The zero-order valence-corrected chi connectivity index (χ0v) is 22.3. The number of imidazole rings is 1. The molecule has 0 spiro atoms. The van der Waals surface area contributed by atoms with Crippen LogP contribution in [0.4, 0.5) is 26.2 Å². The predicted molar refractivity (Wildman–Crippen MR) is 143 cm³/mol. The number of benzene rings is 1. The zero-order valence-electron chi connectivity index (χ0n) is 21.6. The number of hydrogen-bond donors (Lipinski definition) is 2. The van der Waals surface area contributed by atoms with Gasteiger partial charge in [-0.1, -0.05) is 11.6 Å². The Hall–Kier alpha value is -2.76. The van der Waals surface area contributed by atoms with Crippen LogP contribution in [0.5, 0.6) is 0 Å². The molecule has 0 amide bonds. The summed E-state index contributed by atoms with van der Waals surface area (Å²) < 4.78 is 36.4. The molecule has 0 unspecified atom stereocenters. The van der Waals surface area contributed by atoms with Crippen LogP contribution in [0, 0.1) is 0 Å². The normalized spacial score (nSPS) is 19.8. The number of ether oxygens (including phenoxy) is 1. The van der Waals surface area contributed by atoms with Gasteiger partial charge in [0, 0.05) is 44.8 Å². The molecular weight excluding hydrogens is 518 g/mol. The molecule has 2 aromatic heterocycles. The SMILES string of the molecule is CC(C)(O)CCn1c(=O)n(C[C@@H]2CCCO2)c2ccc(Nc3nc(N4CCC(F)(F)CC4)ncc3Cl)cc21. The Morgan fingerprint density at radius 1 is 1.24 bits per heavy atom. The molecule has 38 heavy (non-hydrogen) atoms. The average Bonchev–Trinajstić information content (AvgIpc) is 3.45. The Morgan fingerprint density at radius 3 is 2.68 bits per heavy atom. The van der Waals surface area contributed by atoms with Gasteiger partial charge in [0.2, 0.25) is 5.95 Å². The highest BCUT2D eigenvalue weighted by Gasteiger charge is 2.35. The third-order valence-electron chi connectivity index (χ3n) is 7.15. The Kier molecular flexibility index (Phi) is 7.36. The van der Waals surface area contributed by atoms with E-state index in [1.54, 1.807) is 27.9 Å². The van der Waals surface area contributed by atoms with Gasteiger partial charge in [0.15, 0.2) is 5.82 Å². The molecule has 0 bridgehead atoms. The van der Waals surface area contributed by atoms with Gasteiger partial charge in [-0.2, -0.15) is 4.98 Å². The Labute approximate surface area is 224 Å². The number of alkyl halides is 2. The number of halogens is 3. The summed E-state index contributed by atoms with van der Waals surface area (Å²) in [6.45, 7) is 5.26. The minimum atomic E-state index is -2.67. The quantitative estimate of drug-likeness (QED) is 0.424. The molecule has 1 aromatic carbocycles. The van der Waals surface area contributed by atoms with Crippen molar-refractivity contribution in [2.75, 3.05) is 29.9 Å². The highest BCUT2D eigenvalue weighted by molar-refractivity contribution is 6.32. The minimum absolute atomic E-state index is 0.00758. The number of rotatable bonds is 8. The number of anilines is 3. The molecule has 5 rings (SSSR count). The van der Waals surface area contributed by atoms with Crippen LogP contribution in [0.15, 0.2) is 29.2 Å². The van der Waals surface area contributed by atoms with E-state index in [0.29, 0.717) is 49.1 Å². The van der Waals surface area contributed by atoms with Crippen molar-refractivity contribution in [1.82, 2.24) is 19.1 Å². The van der Waals surface area contributed by atoms with Crippen LogP contribution in [0.2, 0.25) is 5.02 Å². The number of hydrogen-bond acceptors (Lipinski definition) is 7. The van der Waals surface area contributed by atoms with E-state index in [2.05, 4.69) is 15.3 Å². The van der Waals surface area contributed by atoms with Gasteiger partial charge in [0.25, 0.3) is 5.92 Å². The van der Waals surface area contributed by atoms with Crippen LogP contribution >= 0.6 is 11.6 Å². The van der Waals surface area contributed by atoms with Gasteiger partial charge in [-0.3, -0.25) is 9.13 Å². The Morgan fingerprint density at radius 2 is 2.00 bits per heavy atom. The van der Waals surface area contributed by atoms with Gasteiger partial charge >= 0.3 is 5.69 Å². The van der Waals surface area contributed by atoms with E-state index in [0.717, 1.165) is 18.4 Å². The fraction of sp³-hybridized carbons (Fsp3) is 0.577. The Bertz CT molecular complexity index is 1350. The van der Waals surface area contributed by atoms with Gasteiger partial charge in [0.05, 0.1) is 35.5 Å². The molecule has 1 atom stereocenters. The summed E-state index contributed by atoms with van der Waals surface area (Å²) >= 11 is 6.38.